The molecule has 1 aromatic carbocycles. The predicted octanol–water partition coefficient (Wildman–Crippen LogP) is 2.39. The summed E-state index contributed by atoms with van der Waals surface area (Å²) < 4.78 is 34.1. The van der Waals surface area contributed by atoms with Crippen LogP contribution in [0.3, 0.4) is 0 Å². The largest absolute Gasteiger partial charge is 0.285 e. The summed E-state index contributed by atoms with van der Waals surface area (Å²) in [5.41, 5.74) is -0.387. The van der Waals surface area contributed by atoms with Crippen LogP contribution in [0.25, 0.3) is 0 Å². The van der Waals surface area contributed by atoms with E-state index < -0.39 is 19.8 Å². The van der Waals surface area contributed by atoms with Crippen LogP contribution in [0.15, 0.2) is 23.1 Å². The first-order chi connectivity index (χ1) is 7.79. The number of nitrogens with zero attached hydrogens (tertiary/aromatic N) is 1. The molecule has 94 valence electrons. The fourth-order valence-corrected chi connectivity index (χ4v) is 3.37. The Labute approximate surface area is 106 Å². The zero-order valence-corrected chi connectivity index (χ0v) is 10.7. The van der Waals surface area contributed by atoms with Crippen LogP contribution in [-0.4, -0.2) is 24.8 Å². The smallest absolute Gasteiger partial charge is 0.258 e. The van der Waals surface area contributed by atoms with Gasteiger partial charge in [0.15, 0.2) is 0 Å². The SMILES string of the molecule is O=[N+]([O-])c1cc(F)ccc1SCCS(=O)(=O)Cl. The van der Waals surface area contributed by atoms with Gasteiger partial charge in [0.05, 0.1) is 21.6 Å². The van der Waals surface area contributed by atoms with E-state index in [0.29, 0.717) is 0 Å². The van der Waals surface area contributed by atoms with Crippen LogP contribution in [-0.2, 0) is 9.05 Å². The molecule has 0 amide bonds. The third-order valence-electron chi connectivity index (χ3n) is 1.70. The molecule has 0 aliphatic heterocycles. The second-order valence-electron chi connectivity index (χ2n) is 2.96. The molecule has 1 rings (SSSR count). The molecule has 0 aromatic heterocycles. The molecule has 0 N–H and O–H groups in total. The molecular weight excluding hydrogens is 293 g/mol. The van der Waals surface area contributed by atoms with Crippen molar-refractivity contribution in [2.24, 2.45) is 0 Å². The number of hydrogen-bond donors (Lipinski definition) is 0. The quantitative estimate of drug-likeness (QED) is 0.361. The minimum atomic E-state index is -3.63. The van der Waals surface area contributed by atoms with Crippen molar-refractivity contribution in [3.05, 3.63) is 34.1 Å². The first kappa shape index (κ1) is 14.2. The monoisotopic (exact) mass is 299 g/mol. The fraction of sp³-hybridized carbons (Fsp3) is 0.250. The van der Waals surface area contributed by atoms with Gasteiger partial charge in [-0.05, 0) is 12.1 Å². The maximum absolute atomic E-state index is 12.8. The lowest BCUT2D eigenvalue weighted by Crippen LogP contribution is -2.00. The highest BCUT2D eigenvalue weighted by Crippen LogP contribution is 2.29. The molecule has 0 spiro atoms. The van der Waals surface area contributed by atoms with Crippen LogP contribution in [0.2, 0.25) is 0 Å². The van der Waals surface area contributed by atoms with Crippen molar-refractivity contribution in [2.75, 3.05) is 11.5 Å². The predicted molar refractivity (Wildman–Crippen MR) is 63.4 cm³/mol. The van der Waals surface area contributed by atoms with E-state index in [-0.39, 0.29) is 22.1 Å². The van der Waals surface area contributed by atoms with Crippen LogP contribution in [0.1, 0.15) is 0 Å². The summed E-state index contributed by atoms with van der Waals surface area (Å²) in [6.07, 6.45) is 0. The molecule has 0 bridgehead atoms. The van der Waals surface area contributed by atoms with E-state index in [1.807, 2.05) is 0 Å². The van der Waals surface area contributed by atoms with Crippen molar-refractivity contribution in [2.45, 2.75) is 4.90 Å². The molecule has 0 saturated carbocycles. The van der Waals surface area contributed by atoms with Crippen LogP contribution in [0.5, 0.6) is 0 Å². The van der Waals surface area contributed by atoms with Gasteiger partial charge in [-0.2, -0.15) is 0 Å². The van der Waals surface area contributed by atoms with Crippen molar-refractivity contribution in [1.82, 2.24) is 0 Å². The molecule has 0 heterocycles. The van der Waals surface area contributed by atoms with Crippen LogP contribution in [0, 0.1) is 15.9 Å². The number of rotatable bonds is 5. The zero-order valence-electron chi connectivity index (χ0n) is 8.30. The number of thioether (sulfide) groups is 1. The first-order valence-electron chi connectivity index (χ1n) is 4.28. The standard InChI is InChI=1S/C8H7ClFNO4S2/c9-17(14,15)4-3-16-8-2-1-6(10)5-7(8)11(12)13/h1-2,5H,3-4H2. The lowest BCUT2D eigenvalue weighted by molar-refractivity contribution is -0.387. The number of hydrogen-bond acceptors (Lipinski definition) is 5. The average Bonchev–Trinajstić information content (AvgIpc) is 2.18. The molecule has 0 aliphatic rings. The van der Waals surface area contributed by atoms with E-state index in [0.717, 1.165) is 23.9 Å². The lowest BCUT2D eigenvalue weighted by atomic mass is 10.3. The zero-order chi connectivity index (χ0) is 13.1. The van der Waals surface area contributed by atoms with E-state index in [1.54, 1.807) is 0 Å². The third-order valence-corrected chi connectivity index (χ3v) is 4.18. The summed E-state index contributed by atoms with van der Waals surface area (Å²) in [4.78, 5) is 10.1. The van der Waals surface area contributed by atoms with Gasteiger partial charge < -0.3 is 0 Å². The second kappa shape index (κ2) is 5.65. The van der Waals surface area contributed by atoms with E-state index in [9.17, 15) is 22.9 Å². The first-order valence-corrected chi connectivity index (χ1v) is 7.75. The molecule has 1 aromatic rings. The Morgan fingerprint density at radius 3 is 2.65 bits per heavy atom. The van der Waals surface area contributed by atoms with Gasteiger partial charge in [0.25, 0.3) is 5.69 Å². The van der Waals surface area contributed by atoms with Crippen LogP contribution < -0.4 is 0 Å². The molecule has 0 atom stereocenters. The highest BCUT2D eigenvalue weighted by molar-refractivity contribution is 8.14. The summed E-state index contributed by atoms with van der Waals surface area (Å²) in [6, 6.07) is 3.10. The van der Waals surface area contributed by atoms with Gasteiger partial charge in [0, 0.05) is 16.4 Å². The Kier molecular flexibility index (Phi) is 4.72. The fourth-order valence-electron chi connectivity index (χ4n) is 1.01. The molecule has 0 aliphatic carbocycles. The van der Waals surface area contributed by atoms with Crippen molar-refractivity contribution >= 4 is 37.2 Å². The molecule has 17 heavy (non-hydrogen) atoms. The van der Waals surface area contributed by atoms with Gasteiger partial charge in [0.1, 0.15) is 5.82 Å². The highest BCUT2D eigenvalue weighted by Gasteiger charge is 2.16. The van der Waals surface area contributed by atoms with Gasteiger partial charge in [-0.25, -0.2) is 12.8 Å². The van der Waals surface area contributed by atoms with E-state index in [4.69, 9.17) is 10.7 Å². The summed E-state index contributed by atoms with van der Waals surface area (Å²) in [5.74, 6) is -0.961. The lowest BCUT2D eigenvalue weighted by Gasteiger charge is -2.01. The van der Waals surface area contributed by atoms with Gasteiger partial charge in [-0.3, -0.25) is 10.1 Å². The number of nitro benzene ring substituents is 1. The van der Waals surface area contributed by atoms with Crippen LogP contribution in [0.4, 0.5) is 10.1 Å². The van der Waals surface area contributed by atoms with Crippen molar-refractivity contribution in [1.29, 1.82) is 0 Å². The summed E-state index contributed by atoms with van der Waals surface area (Å²) in [7, 11) is 1.36. The van der Waals surface area contributed by atoms with Crippen molar-refractivity contribution < 1.29 is 17.7 Å². The molecule has 9 heteroatoms. The Balaban J connectivity index is 2.81. The minimum absolute atomic E-state index is 0.0678. The molecular formula is C8H7ClFNO4S2. The molecule has 0 saturated heterocycles. The normalized spacial score (nSPS) is 11.4. The number of nitro groups is 1. The maximum Gasteiger partial charge on any atom is 0.285 e. The Morgan fingerprint density at radius 1 is 1.47 bits per heavy atom. The highest BCUT2D eigenvalue weighted by atomic mass is 35.7. The number of benzene rings is 1. The van der Waals surface area contributed by atoms with Crippen LogP contribution >= 0.6 is 22.4 Å². The Morgan fingerprint density at radius 2 is 2.12 bits per heavy atom. The van der Waals surface area contributed by atoms with E-state index >= 15 is 0 Å². The maximum atomic E-state index is 12.8. The molecule has 0 radical (unpaired) electrons. The van der Waals surface area contributed by atoms with E-state index in [2.05, 4.69) is 0 Å². The van der Waals surface area contributed by atoms with Gasteiger partial charge in [0.2, 0.25) is 9.05 Å². The summed E-state index contributed by atoms with van der Waals surface area (Å²) in [5, 5.41) is 10.6. The van der Waals surface area contributed by atoms with Gasteiger partial charge >= 0.3 is 0 Å². The number of halogens is 2. The van der Waals surface area contributed by atoms with Gasteiger partial charge in [-0.1, -0.05) is 0 Å². The molecule has 0 fully saturated rings. The third kappa shape index (κ3) is 4.88. The summed E-state index contributed by atoms with van der Waals surface area (Å²) in [6.45, 7) is 0. The van der Waals surface area contributed by atoms with Crippen molar-refractivity contribution in [3.8, 4) is 0 Å². The van der Waals surface area contributed by atoms with Crippen molar-refractivity contribution in [3.63, 3.8) is 0 Å². The Bertz CT molecular complexity index is 534. The van der Waals surface area contributed by atoms with E-state index in [1.165, 1.54) is 6.07 Å². The topological polar surface area (TPSA) is 77.3 Å². The molecule has 0 unspecified atom stereocenters. The molecule has 5 nitrogen and oxygen atoms in total. The van der Waals surface area contributed by atoms with Gasteiger partial charge in [-0.15, -0.1) is 11.8 Å². The Hall–Kier alpha value is -0.860. The summed E-state index contributed by atoms with van der Waals surface area (Å²) >= 11 is 0.939. The second-order valence-corrected chi connectivity index (χ2v) is 6.99. The average molecular weight is 300 g/mol. The minimum Gasteiger partial charge on any atom is -0.258 e.